The Kier molecular flexibility index (Phi) is 10.1. The minimum atomic E-state index is -0.293. The third-order valence-electron chi connectivity index (χ3n) is 5.82. The summed E-state index contributed by atoms with van der Waals surface area (Å²) in [5.74, 6) is 1.24. The van der Waals surface area contributed by atoms with E-state index in [0.29, 0.717) is 0 Å². The fraction of sp³-hybridized carbons (Fsp3) is 0.682. The molecule has 2 aliphatic rings. The molecule has 0 radical (unpaired) electrons. The van der Waals surface area contributed by atoms with Crippen molar-refractivity contribution >= 4 is 48.2 Å². The highest BCUT2D eigenvalue weighted by molar-refractivity contribution is 8.03. The Labute approximate surface area is 198 Å². The van der Waals surface area contributed by atoms with Crippen molar-refractivity contribution in [3.63, 3.8) is 0 Å². The molecule has 3 rings (SSSR count). The third kappa shape index (κ3) is 6.12. The zero-order valence-corrected chi connectivity index (χ0v) is 21.3. The van der Waals surface area contributed by atoms with Crippen LogP contribution < -0.4 is 9.64 Å². The maximum absolute atomic E-state index is 12.6. The first-order valence-electron chi connectivity index (χ1n) is 10.4. The van der Waals surface area contributed by atoms with Gasteiger partial charge in [0.25, 0.3) is 0 Å². The summed E-state index contributed by atoms with van der Waals surface area (Å²) in [6, 6.07) is 8.26. The summed E-state index contributed by atoms with van der Waals surface area (Å²) in [5.41, 5.74) is 1.19. The Balaban J connectivity index is 0.00000225. The number of thioether (sulfide) groups is 1. The second-order valence-corrected chi connectivity index (χ2v) is 10.9. The lowest BCUT2D eigenvalue weighted by molar-refractivity contribution is -0.133. The Morgan fingerprint density at radius 3 is 2.13 bits per heavy atom. The van der Waals surface area contributed by atoms with Crippen LogP contribution in [0.25, 0.3) is 0 Å². The van der Waals surface area contributed by atoms with Crippen LogP contribution in [0.15, 0.2) is 24.3 Å². The number of piperazine rings is 1. The number of halogens is 2. The molecule has 0 unspecified atom stereocenters. The molecule has 5 nitrogen and oxygen atoms in total. The zero-order valence-electron chi connectivity index (χ0n) is 18.8. The van der Waals surface area contributed by atoms with Gasteiger partial charge in [-0.15, -0.1) is 36.6 Å². The van der Waals surface area contributed by atoms with Crippen molar-refractivity contribution in [2.24, 2.45) is 0 Å². The predicted octanol–water partition coefficient (Wildman–Crippen LogP) is 4.53. The number of methoxy groups -OCH3 is 1. The SMILES string of the molecule is COc1ccccc1N1CCN(CCCCN2C(=O)C(C)(C)SC2(C)C)CC1.Cl.Cl. The Bertz CT molecular complexity index is 695. The first-order chi connectivity index (χ1) is 13.2. The lowest BCUT2D eigenvalue weighted by Crippen LogP contribution is -2.47. The van der Waals surface area contributed by atoms with Gasteiger partial charge >= 0.3 is 0 Å². The summed E-state index contributed by atoms with van der Waals surface area (Å²) in [7, 11) is 1.74. The van der Waals surface area contributed by atoms with E-state index in [-0.39, 0.29) is 40.3 Å². The quantitative estimate of drug-likeness (QED) is 0.538. The number of unbranched alkanes of at least 4 members (excludes halogenated alkanes) is 1. The smallest absolute Gasteiger partial charge is 0.239 e. The van der Waals surface area contributed by atoms with Gasteiger partial charge in [-0.3, -0.25) is 9.69 Å². The number of hydrogen-bond acceptors (Lipinski definition) is 5. The fourth-order valence-electron chi connectivity index (χ4n) is 4.37. The molecule has 2 saturated heterocycles. The molecule has 1 aromatic carbocycles. The number of rotatable bonds is 7. The summed E-state index contributed by atoms with van der Waals surface area (Å²) < 4.78 is 5.21. The van der Waals surface area contributed by atoms with Crippen LogP contribution in [0.1, 0.15) is 40.5 Å². The molecule has 30 heavy (non-hydrogen) atoms. The maximum Gasteiger partial charge on any atom is 0.239 e. The Hall–Kier alpha value is -0.820. The van der Waals surface area contributed by atoms with Gasteiger partial charge in [-0.05, 0) is 59.2 Å². The van der Waals surface area contributed by atoms with E-state index in [0.717, 1.165) is 57.9 Å². The van der Waals surface area contributed by atoms with Gasteiger partial charge < -0.3 is 14.5 Å². The number of anilines is 1. The van der Waals surface area contributed by atoms with Crippen LogP contribution in [-0.2, 0) is 4.79 Å². The van der Waals surface area contributed by atoms with E-state index >= 15 is 0 Å². The van der Waals surface area contributed by atoms with E-state index in [9.17, 15) is 4.79 Å². The van der Waals surface area contributed by atoms with Gasteiger partial charge in [0.2, 0.25) is 5.91 Å². The lowest BCUT2D eigenvalue weighted by Gasteiger charge is -2.37. The number of benzene rings is 1. The molecule has 2 heterocycles. The molecule has 172 valence electrons. The fourth-order valence-corrected chi connectivity index (χ4v) is 6.10. The van der Waals surface area contributed by atoms with Crippen molar-refractivity contribution in [2.45, 2.75) is 50.2 Å². The summed E-state index contributed by atoms with van der Waals surface area (Å²) in [6.45, 7) is 14.6. The van der Waals surface area contributed by atoms with Crippen LogP contribution in [-0.4, -0.2) is 71.7 Å². The molecule has 1 amide bonds. The summed E-state index contributed by atoms with van der Waals surface area (Å²) >= 11 is 1.78. The number of nitrogens with zero attached hydrogens (tertiary/aromatic N) is 3. The van der Waals surface area contributed by atoms with E-state index in [4.69, 9.17) is 4.74 Å². The van der Waals surface area contributed by atoms with Gasteiger partial charge in [0, 0.05) is 32.7 Å². The third-order valence-corrected chi connectivity index (χ3v) is 7.22. The molecule has 0 spiro atoms. The van der Waals surface area contributed by atoms with E-state index in [1.807, 2.05) is 26.0 Å². The average Bonchev–Trinajstić information content (AvgIpc) is 2.82. The van der Waals surface area contributed by atoms with Gasteiger partial charge in [0.1, 0.15) is 5.75 Å². The molecule has 1 aromatic rings. The number of para-hydroxylation sites is 2. The van der Waals surface area contributed by atoms with Gasteiger partial charge in [-0.1, -0.05) is 12.1 Å². The van der Waals surface area contributed by atoms with Crippen molar-refractivity contribution in [3.05, 3.63) is 24.3 Å². The predicted molar refractivity (Wildman–Crippen MR) is 133 cm³/mol. The van der Waals surface area contributed by atoms with Crippen molar-refractivity contribution in [3.8, 4) is 5.75 Å². The molecule has 2 aliphatic heterocycles. The van der Waals surface area contributed by atoms with Crippen LogP contribution in [0, 0.1) is 0 Å². The number of ether oxygens (including phenoxy) is 1. The van der Waals surface area contributed by atoms with E-state index < -0.39 is 0 Å². The standard InChI is InChI=1S/C22H35N3O2S.2ClH/c1-21(2)20(26)25(22(3,4)28-21)13-9-8-12-23-14-16-24(17-15-23)18-10-6-7-11-19(18)27-5;;/h6-7,10-11H,8-9,12-17H2,1-5H3;2*1H. The highest BCUT2D eigenvalue weighted by Gasteiger charge is 2.50. The molecule has 0 saturated carbocycles. The summed E-state index contributed by atoms with van der Waals surface area (Å²) in [6.07, 6.45) is 2.21. The monoisotopic (exact) mass is 477 g/mol. The topological polar surface area (TPSA) is 36.0 Å². The van der Waals surface area contributed by atoms with Crippen LogP contribution in [0.5, 0.6) is 5.75 Å². The molecule has 0 atom stereocenters. The van der Waals surface area contributed by atoms with Gasteiger partial charge in [-0.2, -0.15) is 0 Å². The molecule has 8 heteroatoms. The molecular weight excluding hydrogens is 441 g/mol. The van der Waals surface area contributed by atoms with E-state index in [2.05, 4.69) is 40.7 Å². The maximum atomic E-state index is 12.6. The Morgan fingerprint density at radius 2 is 1.57 bits per heavy atom. The largest absolute Gasteiger partial charge is 0.495 e. The summed E-state index contributed by atoms with van der Waals surface area (Å²) in [4.78, 5) is 19.6. The van der Waals surface area contributed by atoms with Crippen molar-refractivity contribution in [1.29, 1.82) is 0 Å². The van der Waals surface area contributed by atoms with Crippen molar-refractivity contribution in [2.75, 3.05) is 51.3 Å². The Morgan fingerprint density at radius 1 is 0.967 bits per heavy atom. The molecule has 2 fully saturated rings. The highest BCUT2D eigenvalue weighted by Crippen LogP contribution is 2.47. The van der Waals surface area contributed by atoms with E-state index in [1.165, 1.54) is 5.69 Å². The molecule has 0 aromatic heterocycles. The van der Waals surface area contributed by atoms with Crippen molar-refractivity contribution < 1.29 is 9.53 Å². The molecule has 0 bridgehead atoms. The number of hydrogen-bond donors (Lipinski definition) is 0. The van der Waals surface area contributed by atoms with Crippen molar-refractivity contribution in [1.82, 2.24) is 9.80 Å². The van der Waals surface area contributed by atoms with Crippen LogP contribution in [0.2, 0.25) is 0 Å². The average molecular weight is 479 g/mol. The van der Waals surface area contributed by atoms with Crippen LogP contribution >= 0.6 is 36.6 Å². The molecule has 0 aliphatic carbocycles. The zero-order chi connectivity index (χ0) is 20.4. The highest BCUT2D eigenvalue weighted by atomic mass is 35.5. The van der Waals surface area contributed by atoms with Gasteiger partial charge in [0.05, 0.1) is 22.4 Å². The molecule has 0 N–H and O–H groups in total. The normalized spacial score (nSPS) is 20.5. The molecular formula is C22H37Cl2N3O2S. The second-order valence-electron chi connectivity index (χ2n) is 8.72. The van der Waals surface area contributed by atoms with Crippen LogP contribution in [0.3, 0.4) is 0 Å². The van der Waals surface area contributed by atoms with E-state index in [1.54, 1.807) is 18.9 Å². The van der Waals surface area contributed by atoms with Gasteiger partial charge in [-0.25, -0.2) is 0 Å². The second kappa shape index (κ2) is 11.2. The minimum absolute atomic E-state index is 0. The number of carbonyl (C=O) groups is 1. The van der Waals surface area contributed by atoms with Gasteiger partial charge in [0.15, 0.2) is 0 Å². The lowest BCUT2D eigenvalue weighted by atomic mass is 10.1. The number of carbonyl (C=O) groups excluding carboxylic acids is 1. The summed E-state index contributed by atoms with van der Waals surface area (Å²) in [5, 5.41) is 0. The van der Waals surface area contributed by atoms with Crippen LogP contribution in [0.4, 0.5) is 5.69 Å². The minimum Gasteiger partial charge on any atom is -0.495 e. The number of amides is 1. The first kappa shape index (κ1) is 27.2. The first-order valence-corrected chi connectivity index (χ1v) is 11.2.